The first-order chi connectivity index (χ1) is 6.12. The topological polar surface area (TPSA) is 51.8 Å². The van der Waals surface area contributed by atoms with Crippen LogP contribution in [-0.2, 0) is 5.54 Å². The van der Waals surface area contributed by atoms with E-state index in [1.54, 1.807) is 6.07 Å². The van der Waals surface area contributed by atoms with Gasteiger partial charge in [-0.2, -0.15) is 0 Å². The fourth-order valence-electron chi connectivity index (χ4n) is 1.53. The van der Waals surface area contributed by atoms with Gasteiger partial charge < -0.3 is 5.73 Å². The molecule has 1 aromatic heterocycles. The van der Waals surface area contributed by atoms with Crippen LogP contribution in [0, 0.1) is 0 Å². The molecular formula is C8H9Cl2N3. The third kappa shape index (κ3) is 1.52. The van der Waals surface area contributed by atoms with E-state index in [2.05, 4.69) is 10.2 Å². The minimum atomic E-state index is -0.323. The molecule has 0 aliphatic heterocycles. The number of hydrogen-bond donors (Lipinski definition) is 1. The van der Waals surface area contributed by atoms with Gasteiger partial charge in [0.05, 0.1) is 0 Å². The van der Waals surface area contributed by atoms with Crippen LogP contribution in [0.25, 0.3) is 0 Å². The number of rotatable bonds is 1. The molecule has 0 spiro atoms. The van der Waals surface area contributed by atoms with Crippen molar-refractivity contribution in [2.75, 3.05) is 0 Å². The summed E-state index contributed by atoms with van der Waals surface area (Å²) in [6.07, 6.45) is 3.01. The van der Waals surface area contributed by atoms with Crippen LogP contribution in [0.5, 0.6) is 0 Å². The highest BCUT2D eigenvalue weighted by molar-refractivity contribution is 6.31. The summed E-state index contributed by atoms with van der Waals surface area (Å²) in [5.41, 5.74) is 6.58. The minimum absolute atomic E-state index is 0.323. The molecule has 1 aliphatic rings. The maximum absolute atomic E-state index is 6.08. The Bertz CT molecular complexity index is 336. The highest BCUT2D eigenvalue weighted by atomic mass is 35.5. The van der Waals surface area contributed by atoms with Crippen LogP contribution in [0.3, 0.4) is 0 Å². The summed E-state index contributed by atoms with van der Waals surface area (Å²) in [6.45, 7) is 0. The molecule has 0 amide bonds. The molecule has 0 aromatic carbocycles. The standard InChI is InChI=1S/C8H9Cl2N3/c9-6-4-5(7(10)13-12-6)8(11)2-1-3-8/h4H,1-3,11H2. The second kappa shape index (κ2) is 3.08. The van der Waals surface area contributed by atoms with Gasteiger partial charge in [-0.05, 0) is 25.3 Å². The third-order valence-corrected chi connectivity index (χ3v) is 2.97. The highest BCUT2D eigenvalue weighted by Gasteiger charge is 2.36. The van der Waals surface area contributed by atoms with Gasteiger partial charge in [0.15, 0.2) is 10.3 Å². The Morgan fingerprint density at radius 1 is 1.31 bits per heavy atom. The number of halogens is 2. The molecule has 3 nitrogen and oxygen atoms in total. The molecule has 2 N–H and O–H groups in total. The molecule has 1 fully saturated rings. The Balaban J connectivity index is 2.43. The van der Waals surface area contributed by atoms with Gasteiger partial charge in [-0.3, -0.25) is 0 Å². The van der Waals surface area contributed by atoms with Crippen LogP contribution in [-0.4, -0.2) is 10.2 Å². The van der Waals surface area contributed by atoms with Gasteiger partial charge in [0.25, 0.3) is 0 Å². The first kappa shape index (κ1) is 9.19. The Kier molecular flexibility index (Phi) is 2.18. The maximum Gasteiger partial charge on any atom is 0.156 e. The molecule has 0 saturated heterocycles. The van der Waals surface area contributed by atoms with E-state index < -0.39 is 0 Å². The van der Waals surface area contributed by atoms with Crippen molar-refractivity contribution < 1.29 is 0 Å². The average Bonchev–Trinajstić information content (AvgIpc) is 2.05. The van der Waals surface area contributed by atoms with Crippen LogP contribution in [0.4, 0.5) is 0 Å². The fraction of sp³-hybridized carbons (Fsp3) is 0.500. The van der Waals surface area contributed by atoms with E-state index in [0.29, 0.717) is 10.3 Å². The van der Waals surface area contributed by atoms with E-state index in [1.165, 1.54) is 0 Å². The van der Waals surface area contributed by atoms with Crippen LogP contribution in [0.15, 0.2) is 6.07 Å². The molecular weight excluding hydrogens is 209 g/mol. The summed E-state index contributed by atoms with van der Waals surface area (Å²) >= 11 is 11.6. The number of hydrogen-bond acceptors (Lipinski definition) is 3. The van der Waals surface area contributed by atoms with Crippen molar-refractivity contribution in [2.45, 2.75) is 24.8 Å². The van der Waals surface area contributed by atoms with Gasteiger partial charge in [-0.25, -0.2) is 0 Å². The van der Waals surface area contributed by atoms with Gasteiger partial charge in [0, 0.05) is 11.1 Å². The lowest BCUT2D eigenvalue weighted by atomic mass is 9.73. The van der Waals surface area contributed by atoms with E-state index in [4.69, 9.17) is 28.9 Å². The third-order valence-electron chi connectivity index (χ3n) is 2.50. The van der Waals surface area contributed by atoms with Crippen molar-refractivity contribution in [3.05, 3.63) is 21.9 Å². The summed E-state index contributed by atoms with van der Waals surface area (Å²) in [5, 5.41) is 8.08. The molecule has 5 heteroatoms. The number of aromatic nitrogens is 2. The largest absolute Gasteiger partial charge is 0.321 e. The van der Waals surface area contributed by atoms with E-state index >= 15 is 0 Å². The second-order valence-corrected chi connectivity index (χ2v) is 4.13. The lowest BCUT2D eigenvalue weighted by Gasteiger charge is -2.38. The zero-order valence-electron chi connectivity index (χ0n) is 6.93. The Labute approximate surface area is 86.2 Å². The van der Waals surface area contributed by atoms with Crippen molar-refractivity contribution in [1.82, 2.24) is 10.2 Å². The van der Waals surface area contributed by atoms with Crippen molar-refractivity contribution in [3.63, 3.8) is 0 Å². The van der Waals surface area contributed by atoms with E-state index in [0.717, 1.165) is 24.8 Å². The summed E-state index contributed by atoms with van der Waals surface area (Å²) in [6, 6.07) is 1.70. The zero-order chi connectivity index (χ0) is 9.47. The molecule has 1 aromatic rings. The van der Waals surface area contributed by atoms with Crippen molar-refractivity contribution in [2.24, 2.45) is 5.73 Å². The predicted octanol–water partition coefficient (Wildman–Crippen LogP) is 2.12. The molecule has 0 bridgehead atoms. The van der Waals surface area contributed by atoms with Gasteiger partial charge in [0.2, 0.25) is 0 Å². The lowest BCUT2D eigenvalue weighted by molar-refractivity contribution is 0.252. The SMILES string of the molecule is NC1(c2cc(Cl)nnc2Cl)CCC1. The van der Waals surface area contributed by atoms with Crippen molar-refractivity contribution >= 4 is 23.2 Å². The Morgan fingerprint density at radius 3 is 2.54 bits per heavy atom. The smallest absolute Gasteiger partial charge is 0.156 e. The number of nitrogens with two attached hydrogens (primary N) is 1. The molecule has 13 heavy (non-hydrogen) atoms. The monoisotopic (exact) mass is 217 g/mol. The van der Waals surface area contributed by atoms with Crippen molar-refractivity contribution in [1.29, 1.82) is 0 Å². The molecule has 0 atom stereocenters. The molecule has 1 heterocycles. The van der Waals surface area contributed by atoms with E-state index in [1.807, 2.05) is 0 Å². The van der Waals surface area contributed by atoms with E-state index in [9.17, 15) is 0 Å². The molecule has 0 radical (unpaired) electrons. The van der Waals surface area contributed by atoms with Crippen LogP contribution in [0.1, 0.15) is 24.8 Å². The number of nitrogens with zero attached hydrogens (tertiary/aromatic N) is 2. The quantitative estimate of drug-likeness (QED) is 0.785. The molecule has 2 rings (SSSR count). The van der Waals surface area contributed by atoms with Gasteiger partial charge in [-0.1, -0.05) is 23.2 Å². The average molecular weight is 218 g/mol. The maximum atomic E-state index is 6.08. The van der Waals surface area contributed by atoms with Gasteiger partial charge in [0.1, 0.15) is 0 Å². The molecule has 0 unspecified atom stereocenters. The fourth-order valence-corrected chi connectivity index (χ4v) is 1.96. The van der Waals surface area contributed by atoms with Gasteiger partial charge >= 0.3 is 0 Å². The van der Waals surface area contributed by atoms with Crippen LogP contribution >= 0.6 is 23.2 Å². The van der Waals surface area contributed by atoms with Crippen LogP contribution < -0.4 is 5.73 Å². The van der Waals surface area contributed by atoms with Gasteiger partial charge in [-0.15, -0.1) is 10.2 Å². The predicted molar refractivity (Wildman–Crippen MR) is 51.8 cm³/mol. The summed E-state index contributed by atoms with van der Waals surface area (Å²) in [7, 11) is 0. The highest BCUT2D eigenvalue weighted by Crippen LogP contribution is 2.41. The lowest BCUT2D eigenvalue weighted by Crippen LogP contribution is -2.43. The minimum Gasteiger partial charge on any atom is -0.321 e. The summed E-state index contributed by atoms with van der Waals surface area (Å²) in [5.74, 6) is 0. The van der Waals surface area contributed by atoms with Crippen LogP contribution in [0.2, 0.25) is 10.3 Å². The zero-order valence-corrected chi connectivity index (χ0v) is 8.44. The Morgan fingerprint density at radius 2 is 2.00 bits per heavy atom. The molecule has 70 valence electrons. The first-order valence-electron chi connectivity index (χ1n) is 4.10. The summed E-state index contributed by atoms with van der Waals surface area (Å²) in [4.78, 5) is 0. The van der Waals surface area contributed by atoms with E-state index in [-0.39, 0.29) is 5.54 Å². The van der Waals surface area contributed by atoms with Crippen molar-refractivity contribution in [3.8, 4) is 0 Å². The summed E-state index contributed by atoms with van der Waals surface area (Å²) < 4.78 is 0. The first-order valence-corrected chi connectivity index (χ1v) is 4.85. The molecule has 1 aliphatic carbocycles. The Hall–Kier alpha value is -0.380. The normalized spacial score (nSPS) is 19.6. The molecule has 1 saturated carbocycles. The second-order valence-electron chi connectivity index (χ2n) is 3.38.